The van der Waals surface area contributed by atoms with E-state index in [0.29, 0.717) is 12.6 Å². The molecule has 0 aliphatic carbocycles. The minimum atomic E-state index is -0.0745. The number of hydrogen-bond donors (Lipinski definition) is 2. The monoisotopic (exact) mass is 303 g/mol. The van der Waals surface area contributed by atoms with Gasteiger partial charge in [-0.3, -0.25) is 0 Å². The van der Waals surface area contributed by atoms with Crippen LogP contribution in [0.15, 0.2) is 24.3 Å². The number of carbonyl (C=O) groups excluding carboxylic acids is 1. The van der Waals surface area contributed by atoms with Crippen molar-refractivity contribution in [2.24, 2.45) is 0 Å². The first-order valence-corrected chi connectivity index (χ1v) is 8.26. The predicted molar refractivity (Wildman–Crippen MR) is 86.2 cm³/mol. The third-order valence-corrected chi connectivity index (χ3v) is 4.57. The largest absolute Gasteiger partial charge is 0.488 e. The number of likely N-dealkylation sites (tertiary alicyclic amines) is 1. The molecule has 2 aliphatic rings. The van der Waals surface area contributed by atoms with E-state index in [-0.39, 0.29) is 12.1 Å². The highest BCUT2D eigenvalue weighted by molar-refractivity contribution is 5.74. The number of hydrogen-bond acceptors (Lipinski definition) is 3. The normalized spacial score (nSPS) is 22.0. The molecular formula is C17H25N3O2. The first-order valence-electron chi connectivity index (χ1n) is 8.26. The first-order chi connectivity index (χ1) is 10.7. The van der Waals surface area contributed by atoms with E-state index in [4.69, 9.17) is 4.74 Å². The Morgan fingerprint density at radius 3 is 2.82 bits per heavy atom. The molecule has 1 unspecified atom stereocenters. The number of nitrogens with one attached hydrogen (secondary N) is 2. The highest BCUT2D eigenvalue weighted by Gasteiger charge is 2.24. The van der Waals surface area contributed by atoms with Gasteiger partial charge in [-0.25, -0.2) is 4.79 Å². The lowest BCUT2D eigenvalue weighted by Gasteiger charge is -2.31. The lowest BCUT2D eigenvalue weighted by atomic mass is 10.1. The third-order valence-electron chi connectivity index (χ3n) is 4.57. The summed E-state index contributed by atoms with van der Waals surface area (Å²) in [5, 5.41) is 6.02. The van der Waals surface area contributed by atoms with Gasteiger partial charge in [-0.1, -0.05) is 25.1 Å². The Labute approximate surface area is 132 Å². The smallest absolute Gasteiger partial charge is 0.315 e. The quantitative estimate of drug-likeness (QED) is 0.891. The van der Waals surface area contributed by atoms with Crippen molar-refractivity contribution in [1.82, 2.24) is 15.5 Å². The molecule has 2 amide bonds. The number of piperidine rings is 1. The second-order valence-corrected chi connectivity index (χ2v) is 6.11. The van der Waals surface area contributed by atoms with Crippen LogP contribution >= 0.6 is 0 Å². The van der Waals surface area contributed by atoms with Crippen LogP contribution in [-0.4, -0.2) is 49.3 Å². The molecule has 1 atom stereocenters. The van der Waals surface area contributed by atoms with Gasteiger partial charge in [0.1, 0.15) is 11.9 Å². The molecule has 1 aromatic carbocycles. The molecule has 5 nitrogen and oxygen atoms in total. The predicted octanol–water partition coefficient (Wildman–Crippen LogP) is 1.77. The Morgan fingerprint density at radius 1 is 1.32 bits per heavy atom. The maximum absolute atomic E-state index is 12.0. The number of para-hydroxylation sites is 1. The molecule has 5 heteroatoms. The summed E-state index contributed by atoms with van der Waals surface area (Å²) in [5.74, 6) is 0.946. The zero-order valence-corrected chi connectivity index (χ0v) is 13.2. The van der Waals surface area contributed by atoms with Crippen molar-refractivity contribution >= 4 is 6.03 Å². The van der Waals surface area contributed by atoms with Gasteiger partial charge in [0, 0.05) is 25.6 Å². The van der Waals surface area contributed by atoms with Gasteiger partial charge in [0.05, 0.1) is 6.54 Å². The number of nitrogens with zero attached hydrogens (tertiary/aromatic N) is 1. The molecule has 2 heterocycles. The Morgan fingerprint density at radius 2 is 2.09 bits per heavy atom. The van der Waals surface area contributed by atoms with Crippen LogP contribution in [0.2, 0.25) is 0 Å². The minimum Gasteiger partial charge on any atom is -0.488 e. The van der Waals surface area contributed by atoms with Crippen LogP contribution in [0.4, 0.5) is 4.79 Å². The molecule has 0 bridgehead atoms. The van der Waals surface area contributed by atoms with Crippen LogP contribution in [0.3, 0.4) is 0 Å². The summed E-state index contributed by atoms with van der Waals surface area (Å²) in [6.07, 6.45) is 2.98. The number of fused-ring (bicyclic) bond motifs is 1. The molecule has 2 aliphatic heterocycles. The molecule has 1 aromatic rings. The number of rotatable bonds is 4. The fourth-order valence-corrected chi connectivity index (χ4v) is 3.20. The van der Waals surface area contributed by atoms with Crippen molar-refractivity contribution in [3.8, 4) is 5.75 Å². The van der Waals surface area contributed by atoms with E-state index >= 15 is 0 Å². The highest BCUT2D eigenvalue weighted by atomic mass is 16.5. The highest BCUT2D eigenvalue weighted by Crippen LogP contribution is 2.27. The summed E-state index contributed by atoms with van der Waals surface area (Å²) in [5.41, 5.74) is 1.22. The number of ether oxygens (including phenoxy) is 1. The van der Waals surface area contributed by atoms with E-state index in [9.17, 15) is 4.79 Å². The fraction of sp³-hybridized carbons (Fsp3) is 0.588. The maximum atomic E-state index is 12.0. The second kappa shape index (κ2) is 7.01. The Bertz CT molecular complexity index is 487. The first kappa shape index (κ1) is 15.2. The van der Waals surface area contributed by atoms with Gasteiger partial charge in [-0.15, -0.1) is 0 Å². The summed E-state index contributed by atoms with van der Waals surface area (Å²) >= 11 is 0. The molecule has 120 valence electrons. The van der Waals surface area contributed by atoms with Crippen molar-refractivity contribution in [2.75, 3.05) is 26.2 Å². The van der Waals surface area contributed by atoms with Crippen LogP contribution < -0.4 is 15.4 Å². The summed E-state index contributed by atoms with van der Waals surface area (Å²) < 4.78 is 5.83. The SMILES string of the molecule is CCN1CCC(NC(=O)NCC2Cc3ccccc3O2)CC1. The van der Waals surface area contributed by atoms with Crippen molar-refractivity contribution in [3.63, 3.8) is 0 Å². The van der Waals surface area contributed by atoms with Crippen molar-refractivity contribution < 1.29 is 9.53 Å². The van der Waals surface area contributed by atoms with Gasteiger partial charge < -0.3 is 20.3 Å². The topological polar surface area (TPSA) is 53.6 Å². The molecule has 0 spiro atoms. The molecule has 2 N–H and O–H groups in total. The summed E-state index contributed by atoms with van der Waals surface area (Å²) in [7, 11) is 0. The van der Waals surface area contributed by atoms with Crippen molar-refractivity contribution in [2.45, 2.75) is 38.3 Å². The number of carbonyl (C=O) groups is 1. The zero-order chi connectivity index (χ0) is 15.4. The van der Waals surface area contributed by atoms with Crippen molar-refractivity contribution in [1.29, 1.82) is 0 Å². The molecule has 1 fully saturated rings. The summed E-state index contributed by atoms with van der Waals surface area (Å²) in [6.45, 7) is 5.97. The molecule has 1 saturated heterocycles. The van der Waals surface area contributed by atoms with Crippen LogP contribution in [-0.2, 0) is 6.42 Å². The molecule has 0 saturated carbocycles. The number of benzene rings is 1. The van der Waals surface area contributed by atoms with E-state index < -0.39 is 0 Å². The van der Waals surface area contributed by atoms with Gasteiger partial charge >= 0.3 is 6.03 Å². The van der Waals surface area contributed by atoms with Gasteiger partial charge in [0.15, 0.2) is 0 Å². The van der Waals surface area contributed by atoms with E-state index in [1.165, 1.54) is 5.56 Å². The number of urea groups is 1. The van der Waals surface area contributed by atoms with Gasteiger partial charge in [-0.2, -0.15) is 0 Å². The maximum Gasteiger partial charge on any atom is 0.315 e. The Kier molecular flexibility index (Phi) is 4.83. The standard InChI is InChI=1S/C17H25N3O2/c1-2-20-9-7-14(8-10-20)19-17(21)18-12-15-11-13-5-3-4-6-16(13)22-15/h3-6,14-15H,2,7-12H2,1H3,(H2,18,19,21). The second-order valence-electron chi connectivity index (χ2n) is 6.11. The molecule has 22 heavy (non-hydrogen) atoms. The average molecular weight is 303 g/mol. The molecule has 0 aromatic heterocycles. The zero-order valence-electron chi connectivity index (χ0n) is 13.2. The van der Waals surface area contributed by atoms with E-state index in [0.717, 1.165) is 44.6 Å². The van der Waals surface area contributed by atoms with Gasteiger partial charge in [0.2, 0.25) is 0 Å². The van der Waals surface area contributed by atoms with Crippen molar-refractivity contribution in [3.05, 3.63) is 29.8 Å². The summed E-state index contributed by atoms with van der Waals surface area (Å²) in [4.78, 5) is 14.4. The van der Waals surface area contributed by atoms with E-state index in [1.54, 1.807) is 0 Å². The van der Waals surface area contributed by atoms with E-state index in [2.05, 4.69) is 28.5 Å². The third kappa shape index (κ3) is 3.71. The van der Waals surface area contributed by atoms with Crippen LogP contribution in [0.1, 0.15) is 25.3 Å². The van der Waals surface area contributed by atoms with E-state index in [1.807, 2.05) is 18.2 Å². The van der Waals surface area contributed by atoms with Gasteiger partial charge in [-0.05, 0) is 31.0 Å². The molecular weight excluding hydrogens is 278 g/mol. The van der Waals surface area contributed by atoms with Crippen LogP contribution in [0.25, 0.3) is 0 Å². The van der Waals surface area contributed by atoms with Crippen LogP contribution in [0, 0.1) is 0 Å². The lowest BCUT2D eigenvalue weighted by Crippen LogP contribution is -2.49. The Balaban J connectivity index is 1.37. The lowest BCUT2D eigenvalue weighted by molar-refractivity contribution is 0.192. The fourth-order valence-electron chi connectivity index (χ4n) is 3.20. The molecule has 0 radical (unpaired) electrons. The Hall–Kier alpha value is -1.75. The molecule has 3 rings (SSSR count). The minimum absolute atomic E-state index is 0.0464. The van der Waals surface area contributed by atoms with Gasteiger partial charge in [0.25, 0.3) is 0 Å². The average Bonchev–Trinajstić information content (AvgIpc) is 2.96. The summed E-state index contributed by atoms with van der Waals surface area (Å²) in [6, 6.07) is 8.28. The number of amides is 2. The van der Waals surface area contributed by atoms with Crippen LogP contribution in [0.5, 0.6) is 5.75 Å².